The Hall–Kier alpha value is -2.77. The maximum Gasteiger partial charge on any atom is 0.339 e. The molecule has 3 heterocycles. The van der Waals surface area contributed by atoms with Crippen molar-refractivity contribution in [1.82, 2.24) is 15.1 Å². The molecule has 0 unspecified atom stereocenters. The van der Waals surface area contributed by atoms with Gasteiger partial charge in [0.2, 0.25) is 5.82 Å². The van der Waals surface area contributed by atoms with Gasteiger partial charge in [0.25, 0.3) is 5.89 Å². The van der Waals surface area contributed by atoms with Gasteiger partial charge in [0, 0.05) is 16.3 Å². The number of nitrogens with zero attached hydrogens (tertiary/aromatic N) is 3. The van der Waals surface area contributed by atoms with Gasteiger partial charge in [-0.1, -0.05) is 35.0 Å². The van der Waals surface area contributed by atoms with Crippen LogP contribution in [0.3, 0.4) is 0 Å². The zero-order valence-electron chi connectivity index (χ0n) is 12.7. The molecule has 6 nitrogen and oxygen atoms in total. The van der Waals surface area contributed by atoms with Gasteiger partial charge in [0.1, 0.15) is 5.15 Å². The molecule has 0 amide bonds. The Labute approximate surface area is 151 Å². The molecule has 0 spiro atoms. The highest BCUT2D eigenvalue weighted by molar-refractivity contribution is 7.08. The first kappa shape index (κ1) is 15.7. The number of halogens is 1. The van der Waals surface area contributed by atoms with E-state index in [1.54, 1.807) is 12.1 Å². The fourth-order valence-electron chi connectivity index (χ4n) is 2.34. The third kappa shape index (κ3) is 3.24. The normalized spacial score (nSPS) is 10.9. The fourth-order valence-corrected chi connectivity index (χ4v) is 3.17. The molecule has 4 rings (SSSR count). The average Bonchev–Trinajstić information content (AvgIpc) is 3.30. The van der Waals surface area contributed by atoms with Crippen molar-refractivity contribution in [3.05, 3.63) is 63.8 Å². The summed E-state index contributed by atoms with van der Waals surface area (Å²) >= 11 is 7.52. The van der Waals surface area contributed by atoms with Gasteiger partial charge in [0.15, 0.2) is 6.61 Å². The van der Waals surface area contributed by atoms with Crippen LogP contribution >= 0.6 is 22.9 Å². The number of carbonyl (C=O) groups is 1. The number of aromatic nitrogens is 3. The summed E-state index contributed by atoms with van der Waals surface area (Å²) in [6, 6.07) is 10.6. The van der Waals surface area contributed by atoms with Crippen molar-refractivity contribution in [3.63, 3.8) is 0 Å². The Morgan fingerprint density at radius 2 is 2.12 bits per heavy atom. The van der Waals surface area contributed by atoms with Crippen LogP contribution < -0.4 is 0 Å². The highest BCUT2D eigenvalue weighted by atomic mass is 35.5. The van der Waals surface area contributed by atoms with E-state index in [2.05, 4.69) is 15.1 Å². The maximum atomic E-state index is 12.4. The van der Waals surface area contributed by atoms with Gasteiger partial charge in [-0.3, -0.25) is 0 Å². The standard InChI is InChI=1S/C17H10ClN3O3S/c18-14-7-12(11-3-1-2-4-13(11)19-14)17(22)23-8-15-20-16(21-24-15)10-5-6-25-9-10/h1-7,9H,8H2. The van der Waals surface area contributed by atoms with Crippen molar-refractivity contribution in [2.75, 3.05) is 0 Å². The van der Waals surface area contributed by atoms with Crippen LogP contribution in [-0.2, 0) is 11.3 Å². The number of esters is 1. The van der Waals surface area contributed by atoms with Gasteiger partial charge in [-0.05, 0) is 23.6 Å². The second kappa shape index (κ2) is 6.62. The van der Waals surface area contributed by atoms with Gasteiger partial charge < -0.3 is 9.26 Å². The van der Waals surface area contributed by atoms with Crippen LogP contribution in [0.4, 0.5) is 0 Å². The molecule has 0 radical (unpaired) electrons. The zero-order valence-corrected chi connectivity index (χ0v) is 14.3. The topological polar surface area (TPSA) is 78.1 Å². The molecular weight excluding hydrogens is 362 g/mol. The van der Waals surface area contributed by atoms with Gasteiger partial charge in [-0.15, -0.1) is 0 Å². The van der Waals surface area contributed by atoms with E-state index in [-0.39, 0.29) is 17.7 Å². The van der Waals surface area contributed by atoms with Crippen LogP contribution in [0.15, 0.2) is 51.7 Å². The monoisotopic (exact) mass is 371 g/mol. The van der Waals surface area contributed by atoms with Crippen LogP contribution in [0.25, 0.3) is 22.3 Å². The molecule has 1 aromatic carbocycles. The van der Waals surface area contributed by atoms with E-state index < -0.39 is 5.97 Å². The molecule has 0 aliphatic carbocycles. The Morgan fingerprint density at radius 3 is 2.96 bits per heavy atom. The summed E-state index contributed by atoms with van der Waals surface area (Å²) in [6.45, 7) is -0.121. The predicted octanol–water partition coefficient (Wildman–Crippen LogP) is 4.36. The summed E-state index contributed by atoms with van der Waals surface area (Å²) in [4.78, 5) is 20.8. The van der Waals surface area contributed by atoms with Gasteiger partial charge in [0.05, 0.1) is 11.1 Å². The molecular formula is C17H10ClN3O3S. The van der Waals surface area contributed by atoms with Crippen molar-refractivity contribution in [2.24, 2.45) is 0 Å². The maximum absolute atomic E-state index is 12.4. The number of fused-ring (bicyclic) bond motifs is 1. The average molecular weight is 372 g/mol. The van der Waals surface area contributed by atoms with E-state index in [1.165, 1.54) is 17.4 Å². The lowest BCUT2D eigenvalue weighted by molar-refractivity contribution is 0.0432. The van der Waals surface area contributed by atoms with Crippen molar-refractivity contribution in [2.45, 2.75) is 6.61 Å². The number of rotatable bonds is 4. The smallest absolute Gasteiger partial charge is 0.339 e. The molecule has 0 bridgehead atoms. The van der Waals surface area contributed by atoms with Crippen molar-refractivity contribution >= 4 is 39.8 Å². The van der Waals surface area contributed by atoms with Crippen LogP contribution in [0.1, 0.15) is 16.2 Å². The van der Waals surface area contributed by atoms with E-state index in [0.717, 1.165) is 5.56 Å². The van der Waals surface area contributed by atoms with Crippen LogP contribution in [-0.4, -0.2) is 21.1 Å². The van der Waals surface area contributed by atoms with Gasteiger partial charge in [-0.2, -0.15) is 16.3 Å². The summed E-state index contributed by atoms with van der Waals surface area (Å²) < 4.78 is 10.4. The highest BCUT2D eigenvalue weighted by Crippen LogP contribution is 2.22. The molecule has 25 heavy (non-hydrogen) atoms. The molecule has 0 atom stereocenters. The zero-order chi connectivity index (χ0) is 17.2. The van der Waals surface area contributed by atoms with E-state index in [9.17, 15) is 4.79 Å². The van der Waals surface area contributed by atoms with Crippen LogP contribution in [0.5, 0.6) is 0 Å². The first-order valence-corrected chi connectivity index (χ1v) is 8.60. The summed E-state index contributed by atoms with van der Waals surface area (Å²) in [5.41, 5.74) is 1.82. The lowest BCUT2D eigenvalue weighted by Crippen LogP contribution is -2.07. The van der Waals surface area contributed by atoms with Crippen LogP contribution in [0.2, 0.25) is 5.15 Å². The number of ether oxygens (including phenoxy) is 1. The molecule has 0 saturated heterocycles. The summed E-state index contributed by atoms with van der Waals surface area (Å²) in [7, 11) is 0. The van der Waals surface area contributed by atoms with Crippen molar-refractivity contribution < 1.29 is 14.1 Å². The van der Waals surface area contributed by atoms with Crippen LogP contribution in [0, 0.1) is 0 Å². The number of hydrogen-bond acceptors (Lipinski definition) is 7. The highest BCUT2D eigenvalue weighted by Gasteiger charge is 2.16. The third-order valence-electron chi connectivity index (χ3n) is 3.48. The van der Waals surface area contributed by atoms with E-state index >= 15 is 0 Å². The summed E-state index contributed by atoms with van der Waals surface area (Å²) in [5.74, 6) is 0.152. The number of thiophene rings is 1. The summed E-state index contributed by atoms with van der Waals surface area (Å²) in [5, 5.41) is 8.59. The molecule has 0 N–H and O–H groups in total. The van der Waals surface area contributed by atoms with Gasteiger partial charge in [-0.25, -0.2) is 9.78 Å². The molecule has 0 saturated carbocycles. The third-order valence-corrected chi connectivity index (χ3v) is 4.36. The van der Waals surface area contributed by atoms with Crippen molar-refractivity contribution in [1.29, 1.82) is 0 Å². The molecule has 124 valence electrons. The second-order valence-corrected chi connectivity index (χ2v) is 6.28. The molecule has 0 fully saturated rings. The number of hydrogen-bond donors (Lipinski definition) is 0. The first-order chi connectivity index (χ1) is 12.2. The Kier molecular flexibility index (Phi) is 4.17. The minimum absolute atomic E-state index is 0.121. The molecule has 0 aliphatic heterocycles. The lowest BCUT2D eigenvalue weighted by atomic mass is 10.1. The molecule has 0 aliphatic rings. The van der Waals surface area contributed by atoms with Gasteiger partial charge >= 0.3 is 5.97 Å². The SMILES string of the molecule is O=C(OCc1nc(-c2ccsc2)no1)c1cc(Cl)nc2ccccc12. The predicted molar refractivity (Wildman–Crippen MR) is 93.5 cm³/mol. The molecule has 3 aromatic heterocycles. The minimum atomic E-state index is -0.532. The molecule has 4 aromatic rings. The largest absolute Gasteiger partial charge is 0.452 e. The Bertz CT molecular complexity index is 1050. The number of carbonyl (C=O) groups excluding carboxylic acids is 1. The molecule has 8 heteroatoms. The minimum Gasteiger partial charge on any atom is -0.452 e. The Balaban J connectivity index is 1.53. The van der Waals surface area contributed by atoms with E-state index in [0.29, 0.717) is 22.3 Å². The quantitative estimate of drug-likeness (QED) is 0.392. The number of benzene rings is 1. The summed E-state index contributed by atoms with van der Waals surface area (Å²) in [6.07, 6.45) is 0. The first-order valence-electron chi connectivity index (χ1n) is 7.28. The Morgan fingerprint density at radius 1 is 1.24 bits per heavy atom. The van der Waals surface area contributed by atoms with E-state index in [1.807, 2.05) is 29.0 Å². The number of pyridine rings is 1. The fraction of sp³-hybridized carbons (Fsp3) is 0.0588. The van der Waals surface area contributed by atoms with Crippen molar-refractivity contribution in [3.8, 4) is 11.4 Å². The second-order valence-electron chi connectivity index (χ2n) is 5.11. The number of para-hydroxylation sites is 1. The van der Waals surface area contributed by atoms with E-state index in [4.69, 9.17) is 20.9 Å². The lowest BCUT2D eigenvalue weighted by Gasteiger charge is -2.06.